The van der Waals surface area contributed by atoms with E-state index in [1.54, 1.807) is 26.2 Å². The molecule has 1 aliphatic rings. The number of hydrogen-bond acceptors (Lipinski definition) is 3. The first-order valence-electron chi connectivity index (χ1n) is 8.73. The van der Waals surface area contributed by atoms with Gasteiger partial charge in [-0.1, -0.05) is 18.2 Å². The maximum absolute atomic E-state index is 12.9. The van der Waals surface area contributed by atoms with Crippen molar-refractivity contribution in [2.24, 2.45) is 7.05 Å². The summed E-state index contributed by atoms with van der Waals surface area (Å²) in [6.07, 6.45) is -1.54. The van der Waals surface area contributed by atoms with Crippen LogP contribution in [-0.4, -0.2) is 47.5 Å². The molecule has 150 valence electrons. The van der Waals surface area contributed by atoms with Gasteiger partial charge in [-0.05, 0) is 24.1 Å². The minimum absolute atomic E-state index is 0.323. The van der Waals surface area contributed by atoms with Crippen LogP contribution in [0.15, 0.2) is 42.0 Å². The van der Waals surface area contributed by atoms with Gasteiger partial charge >= 0.3 is 12.2 Å². The Bertz CT molecular complexity index is 890. The monoisotopic (exact) mass is 394 g/mol. The molecular weight excluding hydrogens is 373 g/mol. The quantitative estimate of drug-likeness (QED) is 0.800. The normalized spacial score (nSPS) is 14.5. The van der Waals surface area contributed by atoms with Crippen LogP contribution in [0.3, 0.4) is 0 Å². The Labute approximate surface area is 160 Å². The summed E-state index contributed by atoms with van der Waals surface area (Å²) in [4.78, 5) is 13.9. The van der Waals surface area contributed by atoms with E-state index >= 15 is 0 Å². The highest BCUT2D eigenvalue weighted by molar-refractivity contribution is 5.89. The molecule has 3 rings (SSSR count). The molecule has 1 aromatic carbocycles. The van der Waals surface area contributed by atoms with Crippen molar-refractivity contribution < 1.29 is 22.7 Å². The molecule has 2 heterocycles. The number of rotatable bonds is 4. The number of aromatic nitrogens is 2. The Morgan fingerprint density at radius 2 is 2.14 bits per heavy atom. The zero-order chi connectivity index (χ0) is 20.3. The first kappa shape index (κ1) is 19.9. The van der Waals surface area contributed by atoms with E-state index in [0.717, 1.165) is 24.1 Å². The minimum Gasteiger partial charge on any atom is -0.377 e. The summed E-state index contributed by atoms with van der Waals surface area (Å²) in [6.45, 7) is 1.62. The second kappa shape index (κ2) is 8.05. The standard InChI is InChI=1S/C19H21F3N4O2/c1-25(11-13-5-4-8-28-12-13)18(27)23-17-10-16(24-26(17)2)14-6-3-7-15(9-14)19(20,21)22/h3,5-7,9-10H,4,8,11-12H2,1-2H3,(H,23,27). The van der Waals surface area contributed by atoms with E-state index in [2.05, 4.69) is 16.5 Å². The molecule has 1 aliphatic heterocycles. The van der Waals surface area contributed by atoms with Crippen LogP contribution in [0.5, 0.6) is 0 Å². The minimum atomic E-state index is -4.43. The molecule has 2 aromatic rings. The van der Waals surface area contributed by atoms with Gasteiger partial charge in [0.25, 0.3) is 0 Å². The number of halogens is 3. The lowest BCUT2D eigenvalue weighted by Crippen LogP contribution is -2.34. The first-order chi connectivity index (χ1) is 13.2. The fraction of sp³-hybridized carbons (Fsp3) is 0.368. The molecule has 6 nitrogen and oxygen atoms in total. The van der Waals surface area contributed by atoms with Crippen molar-refractivity contribution in [2.75, 3.05) is 32.1 Å². The Morgan fingerprint density at radius 3 is 2.82 bits per heavy atom. The number of amides is 2. The molecule has 0 atom stereocenters. The van der Waals surface area contributed by atoms with E-state index < -0.39 is 11.7 Å². The molecule has 1 aromatic heterocycles. The van der Waals surface area contributed by atoms with Gasteiger partial charge < -0.3 is 9.64 Å². The molecule has 2 amide bonds. The average molecular weight is 394 g/mol. The van der Waals surface area contributed by atoms with Gasteiger partial charge in [-0.15, -0.1) is 0 Å². The average Bonchev–Trinajstić information content (AvgIpc) is 3.02. The van der Waals surface area contributed by atoms with Crippen LogP contribution in [-0.2, 0) is 18.0 Å². The second-order valence-corrected chi connectivity index (χ2v) is 6.61. The summed E-state index contributed by atoms with van der Waals surface area (Å²) < 4.78 is 45.5. The maximum atomic E-state index is 12.9. The summed E-state index contributed by atoms with van der Waals surface area (Å²) in [5, 5.41) is 6.95. The van der Waals surface area contributed by atoms with Crippen molar-refractivity contribution in [1.29, 1.82) is 0 Å². The van der Waals surface area contributed by atoms with Crippen molar-refractivity contribution in [3.8, 4) is 11.3 Å². The van der Waals surface area contributed by atoms with Gasteiger partial charge in [-0.25, -0.2) is 4.79 Å². The van der Waals surface area contributed by atoms with E-state index in [0.29, 0.717) is 36.8 Å². The molecule has 0 fully saturated rings. The molecule has 0 unspecified atom stereocenters. The smallest absolute Gasteiger partial charge is 0.377 e. The highest BCUT2D eigenvalue weighted by Gasteiger charge is 2.30. The van der Waals surface area contributed by atoms with Crippen LogP contribution in [0.4, 0.5) is 23.8 Å². The third kappa shape index (κ3) is 4.72. The van der Waals surface area contributed by atoms with Crippen molar-refractivity contribution >= 4 is 11.8 Å². The number of carbonyl (C=O) groups is 1. The Morgan fingerprint density at radius 1 is 1.36 bits per heavy atom. The second-order valence-electron chi connectivity index (χ2n) is 6.61. The molecule has 1 N–H and O–H groups in total. The lowest BCUT2D eigenvalue weighted by Gasteiger charge is -2.21. The zero-order valence-corrected chi connectivity index (χ0v) is 15.6. The number of alkyl halides is 3. The lowest BCUT2D eigenvalue weighted by molar-refractivity contribution is -0.137. The molecule has 0 aliphatic carbocycles. The molecule has 28 heavy (non-hydrogen) atoms. The highest BCUT2D eigenvalue weighted by atomic mass is 19.4. The van der Waals surface area contributed by atoms with E-state index in [4.69, 9.17) is 4.74 Å². The van der Waals surface area contributed by atoms with Gasteiger partial charge in [0.1, 0.15) is 5.82 Å². The summed E-state index contributed by atoms with van der Waals surface area (Å²) in [6, 6.07) is 6.13. The van der Waals surface area contributed by atoms with Crippen LogP contribution in [0.25, 0.3) is 11.3 Å². The number of aryl methyl sites for hydroxylation is 1. The van der Waals surface area contributed by atoms with Gasteiger partial charge in [0.2, 0.25) is 0 Å². The molecule has 0 radical (unpaired) electrons. The third-order valence-electron chi connectivity index (χ3n) is 4.37. The molecule has 9 heteroatoms. The number of urea groups is 1. The number of nitrogens with one attached hydrogen (secondary N) is 1. The Kier molecular flexibility index (Phi) is 5.73. The summed E-state index contributed by atoms with van der Waals surface area (Å²) in [5.41, 5.74) is 0.946. The van der Waals surface area contributed by atoms with Crippen LogP contribution >= 0.6 is 0 Å². The number of likely N-dealkylation sites (N-methyl/N-ethyl adjacent to an activating group) is 1. The van der Waals surface area contributed by atoms with Gasteiger partial charge in [0.15, 0.2) is 0 Å². The first-order valence-corrected chi connectivity index (χ1v) is 8.73. The van der Waals surface area contributed by atoms with E-state index in [-0.39, 0.29) is 6.03 Å². The van der Waals surface area contributed by atoms with Gasteiger partial charge in [-0.3, -0.25) is 10.00 Å². The predicted octanol–water partition coefficient (Wildman–Crippen LogP) is 3.92. The predicted molar refractivity (Wildman–Crippen MR) is 98.8 cm³/mol. The van der Waals surface area contributed by atoms with Crippen molar-refractivity contribution in [3.63, 3.8) is 0 Å². The van der Waals surface area contributed by atoms with Crippen LogP contribution in [0.2, 0.25) is 0 Å². The molecular formula is C19H21F3N4O2. The fourth-order valence-corrected chi connectivity index (χ4v) is 2.88. The molecule has 0 spiro atoms. The summed E-state index contributed by atoms with van der Waals surface area (Å²) in [7, 11) is 3.28. The molecule has 0 bridgehead atoms. The molecule has 0 saturated carbocycles. The molecule has 0 saturated heterocycles. The number of nitrogens with zero attached hydrogens (tertiary/aromatic N) is 3. The number of ether oxygens (including phenoxy) is 1. The maximum Gasteiger partial charge on any atom is 0.416 e. The van der Waals surface area contributed by atoms with E-state index in [9.17, 15) is 18.0 Å². The van der Waals surface area contributed by atoms with Crippen LogP contribution in [0, 0.1) is 0 Å². The van der Waals surface area contributed by atoms with Gasteiger partial charge in [0, 0.05) is 32.3 Å². The lowest BCUT2D eigenvalue weighted by atomic mass is 10.1. The number of benzene rings is 1. The Balaban J connectivity index is 1.72. The summed E-state index contributed by atoms with van der Waals surface area (Å²) in [5.74, 6) is 0.387. The van der Waals surface area contributed by atoms with Crippen LogP contribution < -0.4 is 5.32 Å². The van der Waals surface area contributed by atoms with Crippen LogP contribution in [0.1, 0.15) is 12.0 Å². The van der Waals surface area contributed by atoms with Crippen molar-refractivity contribution in [2.45, 2.75) is 12.6 Å². The SMILES string of the molecule is CN(CC1=CCCOC1)C(=O)Nc1cc(-c2cccc(C(F)(F)F)c2)nn1C. The fourth-order valence-electron chi connectivity index (χ4n) is 2.88. The number of hydrogen-bond donors (Lipinski definition) is 1. The zero-order valence-electron chi connectivity index (χ0n) is 15.6. The number of anilines is 1. The number of carbonyl (C=O) groups excluding carboxylic acids is 1. The highest BCUT2D eigenvalue weighted by Crippen LogP contribution is 2.32. The van der Waals surface area contributed by atoms with E-state index in [1.807, 2.05) is 0 Å². The Hall–Kier alpha value is -2.81. The topological polar surface area (TPSA) is 59.4 Å². The van der Waals surface area contributed by atoms with Crippen molar-refractivity contribution in [3.05, 3.63) is 47.5 Å². The van der Waals surface area contributed by atoms with Gasteiger partial charge in [0.05, 0.1) is 24.5 Å². The van der Waals surface area contributed by atoms with Gasteiger partial charge in [-0.2, -0.15) is 18.3 Å². The summed E-state index contributed by atoms with van der Waals surface area (Å²) >= 11 is 0. The largest absolute Gasteiger partial charge is 0.416 e. The van der Waals surface area contributed by atoms with Crippen molar-refractivity contribution in [1.82, 2.24) is 14.7 Å². The third-order valence-corrected chi connectivity index (χ3v) is 4.37. The van der Waals surface area contributed by atoms with E-state index in [1.165, 1.54) is 15.6 Å².